The first-order valence-corrected chi connectivity index (χ1v) is 25.5. The second-order valence-corrected chi connectivity index (χ2v) is 20.6. The van der Waals surface area contributed by atoms with Crippen molar-refractivity contribution in [1.29, 1.82) is 0 Å². The van der Waals surface area contributed by atoms with Gasteiger partial charge in [0.15, 0.2) is 5.70 Å². The maximum atomic E-state index is 13.1. The third-order valence-corrected chi connectivity index (χ3v) is 13.3. The Labute approximate surface area is 389 Å². The fourth-order valence-electron chi connectivity index (χ4n) is 5.67. The van der Waals surface area contributed by atoms with Crippen molar-refractivity contribution in [2.45, 2.75) is 19.6 Å². The quantitative estimate of drug-likeness (QED) is 0.0243. The van der Waals surface area contributed by atoms with E-state index in [4.69, 9.17) is 0 Å². The van der Waals surface area contributed by atoms with Gasteiger partial charge in [-0.1, -0.05) is 36.4 Å². The Bertz CT molecular complexity index is 3750. The molecule has 0 fully saturated rings. The largest absolute Gasteiger partial charge is 0.505 e. The average molecular weight is 1050 g/mol. The number of allylic oxidation sites excluding steroid dienone is 6. The number of Topliss-reactive ketones (excluding diaryl/α,β-unsaturated/α-hetero) is 1. The van der Waals surface area contributed by atoms with Crippen molar-refractivity contribution in [3.05, 3.63) is 137 Å². The van der Waals surface area contributed by atoms with Gasteiger partial charge in [-0.05, 0) is 96.1 Å². The van der Waals surface area contributed by atoms with E-state index in [-0.39, 0.29) is 33.9 Å². The molecular weight excluding hydrogens is 1020 g/mol. The molecule has 0 aliphatic heterocycles. The fourth-order valence-corrected chi connectivity index (χ4v) is 8.85. The first kappa shape index (κ1) is 50.8. The highest BCUT2D eigenvalue weighted by molar-refractivity contribution is 7.90. The smallest absolute Gasteiger partial charge is 0.296 e. The van der Waals surface area contributed by atoms with Gasteiger partial charge in [-0.15, -0.1) is 25.5 Å². The molecule has 0 unspecified atom stereocenters. The van der Waals surface area contributed by atoms with E-state index in [0.717, 1.165) is 91.1 Å². The Morgan fingerprint density at radius 2 is 1.00 bits per heavy atom. The number of benzene rings is 4. The van der Waals surface area contributed by atoms with E-state index >= 15 is 0 Å². The molecule has 0 spiro atoms. The van der Waals surface area contributed by atoms with Crippen molar-refractivity contribution in [3.8, 4) is 0 Å². The normalized spacial score (nSPS) is 16.4. The minimum Gasteiger partial charge on any atom is -0.505 e. The number of hydrazine groups is 1. The highest BCUT2D eigenvalue weighted by Crippen LogP contribution is 2.33. The molecule has 0 saturated carbocycles. The summed E-state index contributed by atoms with van der Waals surface area (Å²) in [7, 11) is -24.6. The van der Waals surface area contributed by atoms with Crippen LogP contribution < -0.4 is 10.9 Å². The molecule has 6 rings (SSSR count). The van der Waals surface area contributed by atoms with Crippen LogP contribution in [0.5, 0.6) is 0 Å². The number of nitrogens with zero attached hydrogens (tertiary/aromatic N) is 6. The zero-order valence-electron chi connectivity index (χ0n) is 33.9. The van der Waals surface area contributed by atoms with Crippen molar-refractivity contribution >= 4 is 114 Å². The summed E-state index contributed by atoms with van der Waals surface area (Å²) >= 11 is 0. The lowest BCUT2D eigenvalue weighted by Crippen LogP contribution is -2.19. The zero-order chi connectivity index (χ0) is 50.7. The van der Waals surface area contributed by atoms with Crippen molar-refractivity contribution < 1.29 is 79.5 Å². The van der Waals surface area contributed by atoms with Gasteiger partial charge in [0, 0.05) is 0 Å². The molecule has 0 amide bonds. The molecule has 2 aliphatic rings. The van der Waals surface area contributed by atoms with Crippen LogP contribution in [0.3, 0.4) is 0 Å². The monoisotopic (exact) mass is 1040 g/mol. The predicted octanol–water partition coefficient (Wildman–Crippen LogP) is 5.40. The van der Waals surface area contributed by atoms with Crippen molar-refractivity contribution in [2.24, 2.45) is 30.7 Å². The first-order valence-electron chi connectivity index (χ1n) is 18.3. The maximum absolute atomic E-state index is 13.1. The van der Waals surface area contributed by atoms with Crippen LogP contribution in [0.25, 0.3) is 12.2 Å². The summed E-state index contributed by atoms with van der Waals surface area (Å²) in [4.78, 5) is 21.5. The number of rotatable bonds is 15. The van der Waals surface area contributed by atoms with E-state index in [9.17, 15) is 79.5 Å². The molecule has 0 heterocycles. The van der Waals surface area contributed by atoms with Crippen LogP contribution in [-0.4, -0.2) is 92.9 Å². The van der Waals surface area contributed by atoms with E-state index in [1.54, 1.807) is 0 Å². The summed E-state index contributed by atoms with van der Waals surface area (Å²) in [5.74, 6) is -2.69. The molecule has 26 nitrogen and oxygen atoms in total. The molecule has 31 heteroatoms. The van der Waals surface area contributed by atoms with Gasteiger partial charge in [-0.3, -0.25) is 32.4 Å². The molecule has 0 bridgehead atoms. The highest BCUT2D eigenvalue weighted by Gasteiger charge is 2.25. The van der Waals surface area contributed by atoms with Gasteiger partial charge in [-0.25, -0.2) is 0 Å². The molecule has 0 radical (unpaired) electrons. The second kappa shape index (κ2) is 19.6. The van der Waals surface area contributed by atoms with Gasteiger partial charge >= 0.3 is 0 Å². The van der Waals surface area contributed by atoms with Gasteiger partial charge in [0.2, 0.25) is 11.6 Å². The number of aliphatic hydroxyl groups is 1. The molecule has 4 aromatic carbocycles. The van der Waals surface area contributed by atoms with Crippen LogP contribution in [0.2, 0.25) is 0 Å². The standard InChI is InChI=1S/C38H28N8O18S5/c47-31-15-12-26(65(50,51)52)20-30(31)45-44-29-14-16-32(48)37(38(29)49)46-41-24-10-8-22(35(18-24)68(59,60)61)6-5-21-7-9-23(17-34(21)67(56,57)58)39-40-25-11-13-28(36(19-25)69(62,63)64)43-42-27-3-1-2-4-33(27)66(53,54)55/h1-20,39-40,48H,(H,50,51,52)(H,53,54,55)(H,56,57,58)(H,59,60,61)(H,62,63,64). The number of ketones is 2. The number of hydrogen-bond acceptors (Lipinski definition) is 21. The van der Waals surface area contributed by atoms with E-state index in [1.807, 2.05) is 0 Å². The number of aliphatic hydroxyl groups excluding tert-OH is 1. The second-order valence-electron chi connectivity index (χ2n) is 13.6. The molecule has 8 N–H and O–H groups in total. The first-order chi connectivity index (χ1) is 32.1. The van der Waals surface area contributed by atoms with Crippen LogP contribution in [0, 0.1) is 0 Å². The van der Waals surface area contributed by atoms with Gasteiger partial charge in [-0.2, -0.15) is 47.2 Å². The lowest BCUT2D eigenvalue weighted by Gasteiger charge is -2.13. The van der Waals surface area contributed by atoms with Crippen molar-refractivity contribution in [3.63, 3.8) is 0 Å². The van der Waals surface area contributed by atoms with Crippen molar-refractivity contribution in [2.75, 3.05) is 10.9 Å². The summed E-state index contributed by atoms with van der Waals surface area (Å²) < 4.78 is 169. The Morgan fingerprint density at radius 1 is 0.478 bits per heavy atom. The molecule has 4 aromatic rings. The third-order valence-electron chi connectivity index (χ3n) is 8.86. The van der Waals surface area contributed by atoms with E-state index in [1.165, 1.54) is 24.3 Å². The number of carbonyl (C=O) groups excluding carboxylic acids is 2. The minimum atomic E-state index is -5.09. The Balaban J connectivity index is 1.22. The Morgan fingerprint density at radius 3 is 1.59 bits per heavy atom. The molecule has 2 aliphatic carbocycles. The topological polar surface area (TPSA) is 424 Å². The number of carbonyl (C=O) groups is 2. The average Bonchev–Trinajstić information content (AvgIpc) is 3.26. The zero-order valence-corrected chi connectivity index (χ0v) is 37.9. The molecule has 0 atom stereocenters. The van der Waals surface area contributed by atoms with Crippen LogP contribution >= 0.6 is 0 Å². The number of azo groups is 2. The summed E-state index contributed by atoms with van der Waals surface area (Å²) in [6.45, 7) is 0. The number of nitrogens with one attached hydrogen (secondary N) is 2. The summed E-state index contributed by atoms with van der Waals surface area (Å²) in [5, 5.41) is 32.2. The lowest BCUT2D eigenvalue weighted by atomic mass is 10.1. The van der Waals surface area contributed by atoms with Crippen LogP contribution in [0.4, 0.5) is 28.4 Å². The molecular formula is C38H28N8O18S5. The SMILES string of the molecule is O=C1C=CC(S(=O)(=O)O)=CC1=NN=C1C=CC(O)=C(N=Nc2ccc(C=Cc3ccc(NNc4ccc(N=Nc5ccccc5S(=O)(=O)O)c(S(=O)(=O)O)c4)cc3S(=O)(=O)O)c(S(=O)(=O)O)c2)C1=O. The van der Waals surface area contributed by atoms with Crippen LogP contribution in [0.15, 0.2) is 176 Å². The van der Waals surface area contributed by atoms with Crippen LogP contribution in [-0.2, 0) is 60.2 Å². The van der Waals surface area contributed by atoms with Crippen LogP contribution in [0.1, 0.15) is 11.1 Å². The lowest BCUT2D eigenvalue weighted by molar-refractivity contribution is -0.110. The number of hydrogen-bond donors (Lipinski definition) is 8. The van der Waals surface area contributed by atoms with Gasteiger partial charge < -0.3 is 16.0 Å². The molecule has 0 aromatic heterocycles. The van der Waals surface area contributed by atoms with E-state index < -0.39 is 115 Å². The summed E-state index contributed by atoms with van der Waals surface area (Å²) in [6, 6.07) is 14.3. The number of anilines is 2. The summed E-state index contributed by atoms with van der Waals surface area (Å²) in [6.07, 6.45) is 6.27. The van der Waals surface area contributed by atoms with Gasteiger partial charge in [0.25, 0.3) is 50.6 Å². The fraction of sp³-hybridized carbons (Fsp3) is 0. The third kappa shape index (κ3) is 12.7. The van der Waals surface area contributed by atoms with E-state index in [2.05, 4.69) is 41.5 Å². The predicted molar refractivity (Wildman–Crippen MR) is 242 cm³/mol. The minimum absolute atomic E-state index is 0.0740. The van der Waals surface area contributed by atoms with Gasteiger partial charge in [0.1, 0.15) is 48.1 Å². The molecule has 69 heavy (non-hydrogen) atoms. The molecule has 0 saturated heterocycles. The molecule has 358 valence electrons. The van der Waals surface area contributed by atoms with E-state index in [0.29, 0.717) is 6.08 Å². The Kier molecular flexibility index (Phi) is 14.4. The van der Waals surface area contributed by atoms with Gasteiger partial charge in [0.05, 0.1) is 22.0 Å². The Hall–Kier alpha value is -7.59. The van der Waals surface area contributed by atoms with Crippen molar-refractivity contribution in [1.82, 2.24) is 0 Å². The summed E-state index contributed by atoms with van der Waals surface area (Å²) in [5.41, 5.74) is 1.41. The highest BCUT2D eigenvalue weighted by atomic mass is 32.2. The maximum Gasteiger partial charge on any atom is 0.296 e.